The summed E-state index contributed by atoms with van der Waals surface area (Å²) in [6, 6.07) is 9.06. The van der Waals surface area contributed by atoms with Gasteiger partial charge in [0.2, 0.25) is 5.91 Å². The fourth-order valence-corrected chi connectivity index (χ4v) is 2.10. The van der Waals surface area contributed by atoms with Gasteiger partial charge in [-0.2, -0.15) is 0 Å². The summed E-state index contributed by atoms with van der Waals surface area (Å²) in [7, 11) is 4.51. The third-order valence-corrected chi connectivity index (χ3v) is 3.26. The second-order valence-corrected chi connectivity index (χ2v) is 4.76. The quantitative estimate of drug-likeness (QED) is 0.889. The minimum absolute atomic E-state index is 0.110. The highest BCUT2D eigenvalue weighted by atomic mass is 19.1. The molecule has 0 radical (unpaired) electrons. The lowest BCUT2D eigenvalue weighted by Gasteiger charge is -2.15. The van der Waals surface area contributed by atoms with Crippen LogP contribution < -0.4 is 19.5 Å². The molecule has 122 valence electrons. The van der Waals surface area contributed by atoms with E-state index in [2.05, 4.69) is 5.32 Å². The summed E-state index contributed by atoms with van der Waals surface area (Å²) < 4.78 is 28.6. The normalized spacial score (nSPS) is 10.1. The number of carbonyl (C=O) groups excluding carboxylic acids is 1. The number of anilines is 1. The van der Waals surface area contributed by atoms with Gasteiger partial charge in [-0.05, 0) is 17.7 Å². The zero-order valence-corrected chi connectivity index (χ0v) is 13.2. The minimum atomic E-state index is -0.340. The lowest BCUT2D eigenvalue weighted by Crippen LogP contribution is -2.16. The van der Waals surface area contributed by atoms with Gasteiger partial charge in [0.05, 0.1) is 27.8 Å². The molecule has 2 rings (SSSR count). The molecule has 0 atom stereocenters. The van der Waals surface area contributed by atoms with Crippen molar-refractivity contribution < 1.29 is 23.4 Å². The number of amides is 1. The van der Waals surface area contributed by atoms with Gasteiger partial charge >= 0.3 is 0 Å². The molecule has 0 fully saturated rings. The lowest BCUT2D eigenvalue weighted by molar-refractivity contribution is -0.115. The van der Waals surface area contributed by atoms with Gasteiger partial charge in [0.1, 0.15) is 28.8 Å². The number of carbonyl (C=O) groups is 1. The molecule has 0 spiro atoms. The molecule has 0 bridgehead atoms. The van der Waals surface area contributed by atoms with E-state index >= 15 is 0 Å². The van der Waals surface area contributed by atoms with Crippen molar-refractivity contribution in [3.63, 3.8) is 0 Å². The molecule has 0 aliphatic heterocycles. The third kappa shape index (κ3) is 4.12. The smallest absolute Gasteiger partial charge is 0.228 e. The standard InChI is InChI=1S/C17H18FNO4/c1-21-13-9-14(22-2)17(15(10-13)23-3)19-16(20)8-11-4-6-12(18)7-5-11/h4-7,9-10H,8H2,1-3H3,(H,19,20). The summed E-state index contributed by atoms with van der Waals surface area (Å²) in [4.78, 5) is 12.2. The first-order valence-corrected chi connectivity index (χ1v) is 6.91. The van der Waals surface area contributed by atoms with E-state index in [-0.39, 0.29) is 18.1 Å². The Balaban J connectivity index is 2.20. The zero-order chi connectivity index (χ0) is 16.8. The average Bonchev–Trinajstić information content (AvgIpc) is 2.56. The number of nitrogens with one attached hydrogen (secondary N) is 1. The van der Waals surface area contributed by atoms with E-state index < -0.39 is 0 Å². The first-order valence-electron chi connectivity index (χ1n) is 6.91. The first-order chi connectivity index (χ1) is 11.1. The highest BCUT2D eigenvalue weighted by Crippen LogP contribution is 2.38. The van der Waals surface area contributed by atoms with Gasteiger partial charge in [-0.25, -0.2) is 4.39 Å². The molecule has 23 heavy (non-hydrogen) atoms. The Bertz CT molecular complexity index is 660. The fraction of sp³-hybridized carbons (Fsp3) is 0.235. The Morgan fingerprint density at radius 3 is 2.04 bits per heavy atom. The molecule has 1 N–H and O–H groups in total. The number of methoxy groups -OCH3 is 3. The van der Waals surface area contributed by atoms with Crippen molar-refractivity contribution in [2.45, 2.75) is 6.42 Å². The van der Waals surface area contributed by atoms with Crippen molar-refractivity contribution >= 4 is 11.6 Å². The molecule has 0 aliphatic carbocycles. The van der Waals surface area contributed by atoms with E-state index in [1.165, 1.54) is 33.5 Å². The summed E-state index contributed by atoms with van der Waals surface area (Å²) in [6.45, 7) is 0. The summed E-state index contributed by atoms with van der Waals surface area (Å²) >= 11 is 0. The number of rotatable bonds is 6. The molecule has 0 aromatic heterocycles. The molecule has 1 amide bonds. The molecule has 0 unspecified atom stereocenters. The maximum Gasteiger partial charge on any atom is 0.228 e. The van der Waals surface area contributed by atoms with Crippen LogP contribution in [0.4, 0.5) is 10.1 Å². The maximum atomic E-state index is 12.9. The van der Waals surface area contributed by atoms with Crippen molar-refractivity contribution in [1.29, 1.82) is 0 Å². The van der Waals surface area contributed by atoms with E-state index in [4.69, 9.17) is 14.2 Å². The second kappa shape index (κ2) is 7.49. The maximum absolute atomic E-state index is 12.9. The van der Waals surface area contributed by atoms with Crippen molar-refractivity contribution in [2.75, 3.05) is 26.6 Å². The highest BCUT2D eigenvalue weighted by molar-refractivity contribution is 5.95. The number of hydrogen-bond acceptors (Lipinski definition) is 4. The van der Waals surface area contributed by atoms with Gasteiger partial charge in [-0.1, -0.05) is 12.1 Å². The Labute approximate surface area is 134 Å². The van der Waals surface area contributed by atoms with Gasteiger partial charge in [-0.3, -0.25) is 4.79 Å². The molecule has 2 aromatic carbocycles. The molecule has 2 aromatic rings. The van der Waals surface area contributed by atoms with E-state index in [0.29, 0.717) is 28.5 Å². The van der Waals surface area contributed by atoms with Crippen LogP contribution >= 0.6 is 0 Å². The van der Waals surface area contributed by atoms with E-state index in [1.807, 2.05) is 0 Å². The zero-order valence-electron chi connectivity index (χ0n) is 13.2. The molecular weight excluding hydrogens is 301 g/mol. The Kier molecular flexibility index (Phi) is 5.41. The second-order valence-electron chi connectivity index (χ2n) is 4.76. The summed E-state index contributed by atoms with van der Waals surface area (Å²) in [5.41, 5.74) is 1.12. The average molecular weight is 319 g/mol. The molecule has 5 nitrogen and oxygen atoms in total. The van der Waals surface area contributed by atoms with Crippen LogP contribution in [0.1, 0.15) is 5.56 Å². The molecule has 0 saturated carbocycles. The largest absolute Gasteiger partial charge is 0.496 e. The van der Waals surface area contributed by atoms with Crippen LogP contribution in [0.15, 0.2) is 36.4 Å². The Morgan fingerprint density at radius 2 is 1.57 bits per heavy atom. The van der Waals surface area contributed by atoms with E-state index in [9.17, 15) is 9.18 Å². The third-order valence-electron chi connectivity index (χ3n) is 3.26. The fourth-order valence-electron chi connectivity index (χ4n) is 2.10. The van der Waals surface area contributed by atoms with Crippen LogP contribution in [0.25, 0.3) is 0 Å². The van der Waals surface area contributed by atoms with Crippen molar-refractivity contribution in [1.82, 2.24) is 0 Å². The van der Waals surface area contributed by atoms with Gasteiger partial charge in [0.15, 0.2) is 0 Å². The van der Waals surface area contributed by atoms with Gasteiger partial charge in [0.25, 0.3) is 0 Å². The van der Waals surface area contributed by atoms with Crippen LogP contribution in [-0.4, -0.2) is 27.2 Å². The molecule has 6 heteroatoms. The van der Waals surface area contributed by atoms with Crippen LogP contribution in [-0.2, 0) is 11.2 Å². The minimum Gasteiger partial charge on any atom is -0.496 e. The number of halogens is 1. The lowest BCUT2D eigenvalue weighted by atomic mass is 10.1. The van der Waals surface area contributed by atoms with Gasteiger partial charge in [0, 0.05) is 12.1 Å². The van der Waals surface area contributed by atoms with Crippen LogP contribution in [0.2, 0.25) is 0 Å². The SMILES string of the molecule is COc1cc(OC)c(NC(=O)Cc2ccc(F)cc2)c(OC)c1. The Hall–Kier alpha value is -2.76. The van der Waals surface area contributed by atoms with Crippen LogP contribution in [0.5, 0.6) is 17.2 Å². The van der Waals surface area contributed by atoms with Gasteiger partial charge < -0.3 is 19.5 Å². The van der Waals surface area contributed by atoms with Crippen molar-refractivity contribution in [3.05, 3.63) is 47.8 Å². The summed E-state index contributed by atoms with van der Waals surface area (Å²) in [5.74, 6) is 0.795. The van der Waals surface area contributed by atoms with Gasteiger partial charge in [-0.15, -0.1) is 0 Å². The Morgan fingerprint density at radius 1 is 1.00 bits per heavy atom. The molecule has 0 saturated heterocycles. The highest BCUT2D eigenvalue weighted by Gasteiger charge is 2.16. The van der Waals surface area contributed by atoms with E-state index in [1.54, 1.807) is 24.3 Å². The first kappa shape index (κ1) is 16.6. The number of ether oxygens (including phenoxy) is 3. The van der Waals surface area contributed by atoms with Crippen LogP contribution in [0, 0.1) is 5.82 Å². The number of hydrogen-bond donors (Lipinski definition) is 1. The molecule has 0 heterocycles. The summed E-state index contributed by atoms with van der Waals surface area (Å²) in [5, 5.41) is 2.76. The predicted octanol–water partition coefficient (Wildman–Crippen LogP) is 3.03. The van der Waals surface area contributed by atoms with Crippen molar-refractivity contribution in [2.24, 2.45) is 0 Å². The summed E-state index contributed by atoms with van der Waals surface area (Å²) in [6.07, 6.45) is 0.110. The van der Waals surface area contributed by atoms with E-state index in [0.717, 1.165) is 0 Å². The van der Waals surface area contributed by atoms with Crippen LogP contribution in [0.3, 0.4) is 0 Å². The van der Waals surface area contributed by atoms with Crippen molar-refractivity contribution in [3.8, 4) is 17.2 Å². The molecular formula is C17H18FNO4. The predicted molar refractivity (Wildman–Crippen MR) is 84.8 cm³/mol. The topological polar surface area (TPSA) is 56.8 Å². The molecule has 0 aliphatic rings. The number of benzene rings is 2. The monoisotopic (exact) mass is 319 g/mol.